The minimum atomic E-state index is -0.0477. The van der Waals surface area contributed by atoms with Crippen molar-refractivity contribution in [3.63, 3.8) is 0 Å². The number of carbonyl (C=O) groups excluding carboxylic acids is 1. The van der Waals surface area contributed by atoms with Crippen LogP contribution in [0.3, 0.4) is 0 Å². The number of hydrogen-bond acceptors (Lipinski definition) is 3. The molecule has 0 spiro atoms. The van der Waals surface area contributed by atoms with Crippen LogP contribution in [-0.4, -0.2) is 54.5 Å². The number of benzene rings is 1. The van der Waals surface area contributed by atoms with E-state index in [1.165, 1.54) is 11.3 Å². The molecule has 1 aromatic rings. The van der Waals surface area contributed by atoms with E-state index in [0.717, 1.165) is 32.6 Å². The number of nitrogens with zero attached hydrogens (tertiary/aromatic N) is 2. The van der Waals surface area contributed by atoms with E-state index in [4.69, 9.17) is 0 Å². The molecule has 0 aliphatic carbocycles. The molecule has 1 N–H and O–H groups in total. The van der Waals surface area contributed by atoms with Gasteiger partial charge < -0.3 is 10.2 Å². The first-order valence-electron chi connectivity index (χ1n) is 9.86. The fraction of sp³-hybridized carbons (Fsp3) is 0.591. The van der Waals surface area contributed by atoms with Gasteiger partial charge in [-0.05, 0) is 45.9 Å². The molecule has 3 rings (SSSR count). The second-order valence-electron chi connectivity index (χ2n) is 8.35. The number of nitrogens with one attached hydrogen (secondary N) is 1. The van der Waals surface area contributed by atoms with Crippen molar-refractivity contribution in [1.82, 2.24) is 9.80 Å². The van der Waals surface area contributed by atoms with Crippen molar-refractivity contribution in [2.45, 2.75) is 45.1 Å². The lowest BCUT2D eigenvalue weighted by atomic mass is 9.72. The van der Waals surface area contributed by atoms with Gasteiger partial charge in [0.2, 0.25) is 5.91 Å². The Morgan fingerprint density at radius 2 is 1.96 bits per heavy atom. The molecule has 4 nitrogen and oxygen atoms in total. The number of hydrogen-bond donors (Lipinski definition) is 1. The summed E-state index contributed by atoms with van der Waals surface area (Å²) in [5, 5.41) is 3.57. The molecule has 0 saturated heterocycles. The van der Waals surface area contributed by atoms with Crippen LogP contribution in [0, 0.1) is 5.92 Å². The molecule has 2 aliphatic heterocycles. The highest BCUT2D eigenvalue weighted by molar-refractivity contribution is 5.81. The smallest absolute Gasteiger partial charge is 0.230 e. The number of carbonyl (C=O) groups is 1. The minimum Gasteiger partial charge on any atom is -0.384 e. The Kier molecular flexibility index (Phi) is 5.16. The molecule has 0 fully saturated rings. The van der Waals surface area contributed by atoms with Gasteiger partial charge in [-0.15, -0.1) is 0 Å². The third kappa shape index (κ3) is 3.27. The first kappa shape index (κ1) is 19.0. The number of rotatable bonds is 5. The number of para-hydroxylation sites is 1. The van der Waals surface area contributed by atoms with Gasteiger partial charge in [0.1, 0.15) is 0 Å². The summed E-state index contributed by atoms with van der Waals surface area (Å²) in [6.45, 7) is 12.1. The molecular formula is C22H33N3O. The highest BCUT2D eigenvalue weighted by atomic mass is 16.2. The van der Waals surface area contributed by atoms with E-state index >= 15 is 0 Å². The van der Waals surface area contributed by atoms with Crippen LogP contribution >= 0.6 is 0 Å². The average Bonchev–Trinajstić information content (AvgIpc) is 2.95. The van der Waals surface area contributed by atoms with E-state index in [-0.39, 0.29) is 22.8 Å². The van der Waals surface area contributed by atoms with E-state index in [9.17, 15) is 4.79 Å². The van der Waals surface area contributed by atoms with E-state index in [0.29, 0.717) is 0 Å². The maximum absolute atomic E-state index is 12.7. The first-order chi connectivity index (χ1) is 12.3. The molecule has 0 radical (unpaired) electrons. The van der Waals surface area contributed by atoms with Crippen LogP contribution in [0.15, 0.2) is 36.4 Å². The van der Waals surface area contributed by atoms with E-state index < -0.39 is 0 Å². The quantitative estimate of drug-likeness (QED) is 0.821. The predicted molar refractivity (Wildman–Crippen MR) is 108 cm³/mol. The summed E-state index contributed by atoms with van der Waals surface area (Å²) in [6, 6.07) is 8.64. The second kappa shape index (κ2) is 7.07. The second-order valence-corrected chi connectivity index (χ2v) is 8.35. The summed E-state index contributed by atoms with van der Waals surface area (Å²) in [5.41, 5.74) is 2.72. The van der Waals surface area contributed by atoms with Crippen molar-refractivity contribution in [3.05, 3.63) is 42.0 Å². The zero-order chi connectivity index (χ0) is 18.9. The van der Waals surface area contributed by atoms with Crippen molar-refractivity contribution >= 4 is 11.6 Å². The molecule has 4 heteroatoms. The van der Waals surface area contributed by atoms with Crippen LogP contribution in [0.4, 0.5) is 5.69 Å². The summed E-state index contributed by atoms with van der Waals surface area (Å²) < 4.78 is 0. The molecule has 3 atom stereocenters. The number of amides is 1. The number of likely N-dealkylation sites (N-methyl/N-ethyl adjacent to an activating group) is 1. The number of anilines is 1. The molecule has 26 heavy (non-hydrogen) atoms. The van der Waals surface area contributed by atoms with Crippen LogP contribution in [0.25, 0.3) is 0 Å². The molecule has 1 amide bonds. The summed E-state index contributed by atoms with van der Waals surface area (Å²) in [4.78, 5) is 17.0. The van der Waals surface area contributed by atoms with Crippen LogP contribution in [-0.2, 0) is 10.2 Å². The van der Waals surface area contributed by atoms with Gasteiger partial charge in [-0.2, -0.15) is 0 Å². The topological polar surface area (TPSA) is 35.6 Å². The molecule has 2 heterocycles. The lowest BCUT2D eigenvalue weighted by Gasteiger charge is -2.46. The predicted octanol–water partition coefficient (Wildman–Crippen LogP) is 3.50. The minimum absolute atomic E-state index is 0.0326. The Hall–Kier alpha value is -1.81. The fourth-order valence-electron chi connectivity index (χ4n) is 4.64. The van der Waals surface area contributed by atoms with Crippen molar-refractivity contribution in [2.75, 3.05) is 38.5 Å². The van der Waals surface area contributed by atoms with Crippen molar-refractivity contribution in [2.24, 2.45) is 5.92 Å². The zero-order valence-electron chi connectivity index (χ0n) is 16.9. The van der Waals surface area contributed by atoms with Crippen LogP contribution in [0.1, 0.15) is 39.7 Å². The van der Waals surface area contributed by atoms with Crippen molar-refractivity contribution in [1.29, 1.82) is 0 Å². The third-order valence-corrected chi connectivity index (χ3v) is 6.42. The lowest BCUT2D eigenvalue weighted by molar-refractivity contribution is -0.134. The Labute approximate surface area is 158 Å². The van der Waals surface area contributed by atoms with Crippen LogP contribution < -0.4 is 5.32 Å². The molecule has 142 valence electrons. The standard InChI is InChI=1S/C22H33N3O/c1-6-25(7-2)20(26)17-12-13-22(4,24(5)14-17)15-21(3)16-23-19-11-9-8-10-18(19)21/h8-13,17,23H,6-7,14-16H2,1-5H3/t17-,21?,22+/m1/s1. The Bertz CT molecular complexity index is 696. The highest BCUT2D eigenvalue weighted by Gasteiger charge is 2.43. The van der Waals surface area contributed by atoms with Gasteiger partial charge in [0.25, 0.3) is 0 Å². The summed E-state index contributed by atoms with van der Waals surface area (Å²) in [6.07, 6.45) is 5.45. The Morgan fingerprint density at radius 1 is 1.27 bits per heavy atom. The lowest BCUT2D eigenvalue weighted by Crippen LogP contribution is -2.53. The molecule has 0 bridgehead atoms. The molecular weight excluding hydrogens is 322 g/mol. The normalized spacial score (nSPS) is 30.7. The molecule has 0 saturated carbocycles. The first-order valence-corrected chi connectivity index (χ1v) is 9.86. The van der Waals surface area contributed by atoms with Gasteiger partial charge in [-0.25, -0.2) is 0 Å². The monoisotopic (exact) mass is 355 g/mol. The van der Waals surface area contributed by atoms with Gasteiger partial charge in [0.15, 0.2) is 0 Å². The maximum Gasteiger partial charge on any atom is 0.230 e. The van der Waals surface area contributed by atoms with Gasteiger partial charge in [-0.1, -0.05) is 37.3 Å². The summed E-state index contributed by atoms with van der Waals surface area (Å²) >= 11 is 0. The Balaban J connectivity index is 1.79. The average molecular weight is 356 g/mol. The number of fused-ring (bicyclic) bond motifs is 1. The molecule has 0 aromatic heterocycles. The van der Waals surface area contributed by atoms with Crippen LogP contribution in [0.5, 0.6) is 0 Å². The van der Waals surface area contributed by atoms with Crippen LogP contribution in [0.2, 0.25) is 0 Å². The fourth-order valence-corrected chi connectivity index (χ4v) is 4.64. The van der Waals surface area contributed by atoms with Gasteiger partial charge in [0.05, 0.1) is 5.92 Å². The van der Waals surface area contributed by atoms with Gasteiger partial charge in [-0.3, -0.25) is 9.69 Å². The zero-order valence-corrected chi connectivity index (χ0v) is 16.9. The highest BCUT2D eigenvalue weighted by Crippen LogP contribution is 2.44. The van der Waals surface area contributed by atoms with Crippen molar-refractivity contribution in [3.8, 4) is 0 Å². The van der Waals surface area contributed by atoms with Crippen molar-refractivity contribution < 1.29 is 4.79 Å². The Morgan fingerprint density at radius 3 is 2.62 bits per heavy atom. The van der Waals surface area contributed by atoms with Gasteiger partial charge >= 0.3 is 0 Å². The molecule has 1 aromatic carbocycles. The maximum atomic E-state index is 12.7. The third-order valence-electron chi connectivity index (χ3n) is 6.42. The van der Waals surface area contributed by atoms with Gasteiger partial charge in [0, 0.05) is 42.8 Å². The SMILES string of the molecule is CCN(CC)C(=O)[C@@H]1C=C[C@@](C)(CC2(C)CNc3ccccc32)N(C)C1. The van der Waals surface area contributed by atoms with E-state index in [1.54, 1.807) is 0 Å². The summed E-state index contributed by atoms with van der Waals surface area (Å²) in [5.74, 6) is 0.217. The summed E-state index contributed by atoms with van der Waals surface area (Å²) in [7, 11) is 2.16. The molecule has 2 aliphatic rings. The largest absolute Gasteiger partial charge is 0.384 e. The van der Waals surface area contributed by atoms with E-state index in [1.807, 2.05) is 18.7 Å². The van der Waals surface area contributed by atoms with E-state index in [2.05, 4.69) is 67.5 Å². The molecule has 1 unspecified atom stereocenters.